The zero-order valence-electron chi connectivity index (χ0n) is 9.42. The van der Waals surface area contributed by atoms with Crippen LogP contribution in [0, 0.1) is 0 Å². The molecule has 0 spiro atoms. The van der Waals surface area contributed by atoms with Crippen LogP contribution in [0.25, 0.3) is 27.5 Å². The van der Waals surface area contributed by atoms with E-state index in [0.29, 0.717) is 5.52 Å². The van der Waals surface area contributed by atoms with Crippen molar-refractivity contribution < 1.29 is 0 Å². The SMILES string of the molecule is O=c1[nH]c2ccc3ncccc3c2n2cccc12. The highest BCUT2D eigenvalue weighted by atomic mass is 16.1. The molecule has 0 aliphatic heterocycles. The summed E-state index contributed by atoms with van der Waals surface area (Å²) in [4.78, 5) is 19.1. The molecule has 0 fully saturated rings. The van der Waals surface area contributed by atoms with Crippen molar-refractivity contribution in [3.63, 3.8) is 0 Å². The van der Waals surface area contributed by atoms with Crippen molar-refractivity contribution in [2.24, 2.45) is 0 Å². The van der Waals surface area contributed by atoms with Gasteiger partial charge in [0.1, 0.15) is 5.52 Å². The second-order valence-corrected chi connectivity index (χ2v) is 4.25. The van der Waals surface area contributed by atoms with E-state index in [9.17, 15) is 4.79 Å². The Balaban J connectivity index is 2.44. The first-order valence-electron chi connectivity index (χ1n) is 5.71. The minimum Gasteiger partial charge on any atom is -0.319 e. The van der Waals surface area contributed by atoms with Crippen LogP contribution in [-0.2, 0) is 0 Å². The third-order valence-electron chi connectivity index (χ3n) is 3.23. The second-order valence-electron chi connectivity index (χ2n) is 4.25. The molecule has 1 N–H and O–H groups in total. The predicted molar refractivity (Wildman–Crippen MR) is 70.8 cm³/mol. The van der Waals surface area contributed by atoms with E-state index in [1.165, 1.54) is 0 Å². The van der Waals surface area contributed by atoms with E-state index in [1.54, 1.807) is 6.20 Å². The molecule has 4 nitrogen and oxygen atoms in total. The molecule has 0 bridgehead atoms. The molecule has 1 aromatic carbocycles. The summed E-state index contributed by atoms with van der Waals surface area (Å²) in [7, 11) is 0. The largest absolute Gasteiger partial charge is 0.319 e. The van der Waals surface area contributed by atoms with Crippen LogP contribution >= 0.6 is 0 Å². The number of benzene rings is 1. The zero-order chi connectivity index (χ0) is 12.1. The monoisotopic (exact) mass is 235 g/mol. The van der Waals surface area contributed by atoms with E-state index < -0.39 is 0 Å². The Hall–Kier alpha value is -2.62. The highest BCUT2D eigenvalue weighted by Crippen LogP contribution is 2.22. The Morgan fingerprint density at radius 1 is 1.11 bits per heavy atom. The van der Waals surface area contributed by atoms with Crippen molar-refractivity contribution in [3.8, 4) is 0 Å². The number of H-pyrrole nitrogens is 1. The Morgan fingerprint density at radius 2 is 2.06 bits per heavy atom. The number of rotatable bonds is 0. The van der Waals surface area contributed by atoms with Gasteiger partial charge in [-0.25, -0.2) is 0 Å². The summed E-state index contributed by atoms with van der Waals surface area (Å²) < 4.78 is 1.91. The molecule has 0 atom stereocenters. The van der Waals surface area contributed by atoms with E-state index in [-0.39, 0.29) is 5.56 Å². The molecule has 3 aromatic heterocycles. The van der Waals surface area contributed by atoms with E-state index >= 15 is 0 Å². The van der Waals surface area contributed by atoms with Crippen LogP contribution < -0.4 is 5.56 Å². The third kappa shape index (κ3) is 1.09. The maximum Gasteiger partial charge on any atom is 0.272 e. The standard InChI is InChI=1S/C14H9N3O/c18-14-12-4-2-8-17(12)13-9-3-1-7-15-10(9)5-6-11(13)16-14/h1-8H,(H,16,18). The normalized spacial score (nSPS) is 11.6. The summed E-state index contributed by atoms with van der Waals surface area (Å²) in [5, 5.41) is 1.03. The highest BCUT2D eigenvalue weighted by Gasteiger charge is 2.07. The molecule has 0 amide bonds. The number of hydrogen-bond acceptors (Lipinski definition) is 2. The smallest absolute Gasteiger partial charge is 0.272 e. The van der Waals surface area contributed by atoms with Crippen molar-refractivity contribution in [2.75, 3.05) is 0 Å². The minimum absolute atomic E-state index is 0.0734. The van der Waals surface area contributed by atoms with Gasteiger partial charge in [0, 0.05) is 17.8 Å². The van der Waals surface area contributed by atoms with Gasteiger partial charge in [0.2, 0.25) is 0 Å². The molecule has 0 saturated heterocycles. The van der Waals surface area contributed by atoms with Gasteiger partial charge in [-0.3, -0.25) is 9.78 Å². The number of aromatic amines is 1. The van der Waals surface area contributed by atoms with E-state index in [4.69, 9.17) is 0 Å². The molecule has 4 heteroatoms. The summed E-state index contributed by atoms with van der Waals surface area (Å²) in [6.45, 7) is 0. The molecule has 86 valence electrons. The fourth-order valence-corrected chi connectivity index (χ4v) is 2.44. The Bertz CT molecular complexity index is 949. The topological polar surface area (TPSA) is 50.2 Å². The molecule has 4 rings (SSSR count). The van der Waals surface area contributed by atoms with E-state index in [1.807, 2.05) is 47.0 Å². The summed E-state index contributed by atoms with van der Waals surface area (Å²) >= 11 is 0. The van der Waals surface area contributed by atoms with Crippen molar-refractivity contribution >= 4 is 27.5 Å². The van der Waals surface area contributed by atoms with Crippen LogP contribution in [0.15, 0.2) is 53.6 Å². The molecule has 4 aromatic rings. The lowest BCUT2D eigenvalue weighted by atomic mass is 10.1. The minimum atomic E-state index is -0.0734. The number of aromatic nitrogens is 3. The zero-order valence-corrected chi connectivity index (χ0v) is 9.42. The average molecular weight is 235 g/mol. The predicted octanol–water partition coefficient (Wildman–Crippen LogP) is 2.33. The summed E-state index contributed by atoms with van der Waals surface area (Å²) in [5.41, 5.74) is 3.31. The molecule has 0 radical (unpaired) electrons. The quantitative estimate of drug-likeness (QED) is 0.475. The highest BCUT2D eigenvalue weighted by molar-refractivity contribution is 6.03. The van der Waals surface area contributed by atoms with Crippen molar-refractivity contribution in [1.29, 1.82) is 0 Å². The molecular formula is C14H9N3O. The lowest BCUT2D eigenvalue weighted by Crippen LogP contribution is -2.09. The van der Waals surface area contributed by atoms with Gasteiger partial charge in [-0.2, -0.15) is 0 Å². The third-order valence-corrected chi connectivity index (χ3v) is 3.23. The van der Waals surface area contributed by atoms with Gasteiger partial charge in [-0.15, -0.1) is 0 Å². The Morgan fingerprint density at radius 3 is 3.00 bits per heavy atom. The lowest BCUT2D eigenvalue weighted by Gasteiger charge is -2.06. The van der Waals surface area contributed by atoms with Crippen LogP contribution in [-0.4, -0.2) is 14.4 Å². The van der Waals surface area contributed by atoms with Gasteiger partial charge in [-0.05, 0) is 36.4 Å². The van der Waals surface area contributed by atoms with Gasteiger partial charge in [0.05, 0.1) is 16.6 Å². The maximum atomic E-state index is 11.9. The number of nitrogens with one attached hydrogen (secondary N) is 1. The van der Waals surface area contributed by atoms with E-state index in [0.717, 1.165) is 21.9 Å². The number of fused-ring (bicyclic) bond motifs is 5. The van der Waals surface area contributed by atoms with Gasteiger partial charge < -0.3 is 9.38 Å². The van der Waals surface area contributed by atoms with Crippen LogP contribution in [0.1, 0.15) is 0 Å². The molecule has 0 unspecified atom stereocenters. The Labute approximate surface area is 102 Å². The maximum absolute atomic E-state index is 11.9. The van der Waals surface area contributed by atoms with Gasteiger partial charge >= 0.3 is 0 Å². The number of pyridine rings is 1. The fourth-order valence-electron chi connectivity index (χ4n) is 2.44. The van der Waals surface area contributed by atoms with Crippen molar-refractivity contribution in [2.45, 2.75) is 0 Å². The van der Waals surface area contributed by atoms with Crippen LogP contribution in [0.5, 0.6) is 0 Å². The molecule has 0 saturated carbocycles. The van der Waals surface area contributed by atoms with E-state index in [2.05, 4.69) is 9.97 Å². The lowest BCUT2D eigenvalue weighted by molar-refractivity contribution is 1.19. The van der Waals surface area contributed by atoms with Crippen LogP contribution in [0.3, 0.4) is 0 Å². The second kappa shape index (κ2) is 3.20. The first-order chi connectivity index (χ1) is 8.84. The number of nitrogens with zero attached hydrogens (tertiary/aromatic N) is 2. The van der Waals surface area contributed by atoms with Crippen molar-refractivity contribution in [3.05, 3.63) is 59.1 Å². The Kier molecular flexibility index (Phi) is 1.67. The van der Waals surface area contributed by atoms with Crippen LogP contribution in [0.4, 0.5) is 0 Å². The van der Waals surface area contributed by atoms with Gasteiger partial charge in [0.25, 0.3) is 5.56 Å². The first-order valence-corrected chi connectivity index (χ1v) is 5.71. The summed E-state index contributed by atoms with van der Waals surface area (Å²) in [6, 6.07) is 11.4. The van der Waals surface area contributed by atoms with Gasteiger partial charge in [-0.1, -0.05) is 0 Å². The van der Waals surface area contributed by atoms with Crippen LogP contribution in [0.2, 0.25) is 0 Å². The molecule has 3 heterocycles. The molecule has 0 aliphatic rings. The average Bonchev–Trinajstić information content (AvgIpc) is 2.88. The molecule has 0 aliphatic carbocycles. The van der Waals surface area contributed by atoms with Gasteiger partial charge in [0.15, 0.2) is 0 Å². The summed E-state index contributed by atoms with van der Waals surface area (Å²) in [6.07, 6.45) is 3.67. The fraction of sp³-hybridized carbons (Fsp3) is 0. The summed E-state index contributed by atoms with van der Waals surface area (Å²) in [5.74, 6) is 0. The molecular weight excluding hydrogens is 226 g/mol. The first kappa shape index (κ1) is 9.41. The number of hydrogen-bond donors (Lipinski definition) is 1. The molecule has 18 heavy (non-hydrogen) atoms. The van der Waals surface area contributed by atoms with Crippen molar-refractivity contribution in [1.82, 2.24) is 14.4 Å².